The topological polar surface area (TPSA) is 73.3 Å². The van der Waals surface area contributed by atoms with Crippen LogP contribution >= 0.6 is 22.9 Å². The van der Waals surface area contributed by atoms with E-state index in [0.29, 0.717) is 23.1 Å². The third-order valence-corrected chi connectivity index (χ3v) is 5.48. The molecule has 0 aliphatic carbocycles. The van der Waals surface area contributed by atoms with Gasteiger partial charge < -0.3 is 14.8 Å². The Morgan fingerprint density at radius 1 is 1.40 bits per heavy atom. The van der Waals surface area contributed by atoms with Gasteiger partial charge in [-0.2, -0.15) is 0 Å². The number of nitrogens with zero attached hydrogens (tertiary/aromatic N) is 2. The summed E-state index contributed by atoms with van der Waals surface area (Å²) in [5.41, 5.74) is 2.52. The van der Waals surface area contributed by atoms with Crippen LogP contribution in [0.2, 0.25) is 5.02 Å². The maximum atomic E-state index is 12.4. The van der Waals surface area contributed by atoms with E-state index in [1.807, 2.05) is 31.4 Å². The van der Waals surface area contributed by atoms with Crippen molar-refractivity contribution >= 4 is 34.9 Å². The number of pyridine rings is 1. The highest BCUT2D eigenvalue weighted by atomic mass is 35.5. The van der Waals surface area contributed by atoms with Crippen LogP contribution < -0.4 is 14.8 Å². The van der Waals surface area contributed by atoms with Gasteiger partial charge in [-0.25, -0.2) is 4.98 Å². The Morgan fingerprint density at radius 3 is 2.93 bits per heavy atom. The van der Waals surface area contributed by atoms with E-state index >= 15 is 0 Å². The number of thiazole rings is 1. The van der Waals surface area contributed by atoms with Gasteiger partial charge in [-0.05, 0) is 49.8 Å². The van der Waals surface area contributed by atoms with Crippen molar-refractivity contribution in [2.24, 2.45) is 0 Å². The Labute approximate surface area is 184 Å². The van der Waals surface area contributed by atoms with Gasteiger partial charge in [-0.3, -0.25) is 9.78 Å². The summed E-state index contributed by atoms with van der Waals surface area (Å²) in [7, 11) is 1.53. The Balaban J connectivity index is 1.67. The molecule has 0 fully saturated rings. The molecule has 2 heterocycles. The number of hydrogen-bond acceptors (Lipinski definition) is 6. The van der Waals surface area contributed by atoms with Gasteiger partial charge in [0.05, 0.1) is 30.5 Å². The van der Waals surface area contributed by atoms with Crippen LogP contribution in [0.3, 0.4) is 0 Å². The molecule has 2 aromatic heterocycles. The minimum absolute atomic E-state index is 0.226. The molecule has 1 N–H and O–H groups in total. The molecule has 0 radical (unpaired) electrons. The zero-order chi connectivity index (χ0) is 21.5. The highest BCUT2D eigenvalue weighted by molar-refractivity contribution is 7.10. The highest BCUT2D eigenvalue weighted by Gasteiger charge is 2.14. The first kappa shape index (κ1) is 21.8. The van der Waals surface area contributed by atoms with Crippen molar-refractivity contribution in [1.82, 2.24) is 15.3 Å². The van der Waals surface area contributed by atoms with Crippen molar-refractivity contribution in [3.05, 3.63) is 63.7 Å². The number of amides is 1. The number of aromatic nitrogens is 2. The van der Waals surface area contributed by atoms with Crippen LogP contribution in [0.25, 0.3) is 17.3 Å². The van der Waals surface area contributed by atoms with Crippen LogP contribution in [-0.4, -0.2) is 29.6 Å². The summed E-state index contributed by atoms with van der Waals surface area (Å²) in [6.45, 7) is 4.25. The second-order valence-electron chi connectivity index (χ2n) is 6.34. The maximum Gasteiger partial charge on any atom is 0.244 e. The van der Waals surface area contributed by atoms with Crippen LogP contribution in [0.5, 0.6) is 11.5 Å². The van der Waals surface area contributed by atoms with Crippen LogP contribution in [0.4, 0.5) is 0 Å². The van der Waals surface area contributed by atoms with Crippen LogP contribution in [0, 0.1) is 0 Å². The van der Waals surface area contributed by atoms with E-state index in [4.69, 9.17) is 21.1 Å². The zero-order valence-electron chi connectivity index (χ0n) is 16.9. The Morgan fingerprint density at radius 2 is 2.23 bits per heavy atom. The molecule has 3 aromatic rings. The predicted molar refractivity (Wildman–Crippen MR) is 120 cm³/mol. The average Bonchev–Trinajstić information content (AvgIpc) is 3.24. The molecule has 0 aliphatic heterocycles. The number of rotatable bonds is 8. The van der Waals surface area contributed by atoms with Crippen LogP contribution in [0.1, 0.15) is 30.5 Å². The van der Waals surface area contributed by atoms with E-state index in [2.05, 4.69) is 15.3 Å². The summed E-state index contributed by atoms with van der Waals surface area (Å²) in [6, 6.07) is 7.09. The van der Waals surface area contributed by atoms with Gasteiger partial charge in [0, 0.05) is 29.4 Å². The molecule has 0 aliphatic rings. The molecule has 3 rings (SSSR count). The van der Waals surface area contributed by atoms with E-state index in [-0.39, 0.29) is 11.9 Å². The molecule has 6 nitrogen and oxygen atoms in total. The molecule has 30 heavy (non-hydrogen) atoms. The van der Waals surface area contributed by atoms with E-state index in [1.54, 1.807) is 30.6 Å². The maximum absolute atomic E-state index is 12.4. The van der Waals surface area contributed by atoms with Gasteiger partial charge in [0.2, 0.25) is 5.91 Å². The number of carbonyl (C=O) groups excluding carboxylic acids is 1. The summed E-state index contributed by atoms with van der Waals surface area (Å²) >= 11 is 7.75. The molecular weight excluding hydrogens is 422 g/mol. The number of benzene rings is 1. The van der Waals surface area contributed by atoms with Gasteiger partial charge >= 0.3 is 0 Å². The first-order valence-corrected chi connectivity index (χ1v) is 10.6. The summed E-state index contributed by atoms with van der Waals surface area (Å²) in [5, 5.41) is 6.12. The van der Waals surface area contributed by atoms with Gasteiger partial charge in [-0.1, -0.05) is 11.6 Å². The van der Waals surface area contributed by atoms with Gasteiger partial charge in [0.15, 0.2) is 11.5 Å². The number of ether oxygens (including phenoxy) is 2. The lowest BCUT2D eigenvalue weighted by Crippen LogP contribution is -2.24. The van der Waals surface area contributed by atoms with Crippen molar-refractivity contribution in [1.29, 1.82) is 0 Å². The molecule has 1 amide bonds. The lowest BCUT2D eigenvalue weighted by atomic mass is 10.2. The molecule has 0 saturated heterocycles. The van der Waals surface area contributed by atoms with E-state index in [1.165, 1.54) is 24.5 Å². The van der Waals surface area contributed by atoms with Crippen molar-refractivity contribution in [2.75, 3.05) is 13.7 Å². The first-order valence-electron chi connectivity index (χ1n) is 9.36. The Bertz CT molecular complexity index is 1040. The van der Waals surface area contributed by atoms with Crippen LogP contribution in [-0.2, 0) is 4.79 Å². The SMILES string of the molecule is CCOc1cc(C=CC(=O)NC(C)c2nc(-c3cccnc3)cs2)cc(Cl)c1OC. The molecule has 0 spiro atoms. The third-order valence-electron chi connectivity index (χ3n) is 4.17. The normalized spacial score (nSPS) is 12.0. The van der Waals surface area contributed by atoms with Crippen molar-refractivity contribution in [3.63, 3.8) is 0 Å². The fraction of sp³-hybridized carbons (Fsp3) is 0.227. The van der Waals surface area contributed by atoms with E-state index < -0.39 is 0 Å². The molecular formula is C22H22ClN3O3S. The minimum atomic E-state index is -0.231. The summed E-state index contributed by atoms with van der Waals surface area (Å²) in [4.78, 5) is 21.1. The summed E-state index contributed by atoms with van der Waals surface area (Å²) in [6.07, 6.45) is 6.62. The van der Waals surface area contributed by atoms with Crippen molar-refractivity contribution < 1.29 is 14.3 Å². The quantitative estimate of drug-likeness (QED) is 0.487. The second-order valence-corrected chi connectivity index (χ2v) is 7.64. The first-order chi connectivity index (χ1) is 14.5. The largest absolute Gasteiger partial charge is 0.491 e. The molecule has 0 saturated carbocycles. The van der Waals surface area contributed by atoms with Crippen molar-refractivity contribution in [2.45, 2.75) is 19.9 Å². The number of hydrogen-bond donors (Lipinski definition) is 1. The van der Waals surface area contributed by atoms with E-state index in [0.717, 1.165) is 21.8 Å². The van der Waals surface area contributed by atoms with E-state index in [9.17, 15) is 4.79 Å². The standard InChI is InChI=1S/C22H22ClN3O3S/c1-4-29-19-11-15(10-17(23)21(19)28-3)7-8-20(27)25-14(2)22-26-18(13-30-22)16-6-5-9-24-12-16/h5-14H,4H2,1-3H3,(H,25,27). The lowest BCUT2D eigenvalue weighted by Gasteiger charge is -2.12. The minimum Gasteiger partial charge on any atom is -0.491 e. The number of methoxy groups -OCH3 is 1. The summed E-state index contributed by atoms with van der Waals surface area (Å²) < 4.78 is 10.8. The monoisotopic (exact) mass is 443 g/mol. The van der Waals surface area contributed by atoms with Crippen molar-refractivity contribution in [3.8, 4) is 22.8 Å². The Kier molecular flexibility index (Phi) is 7.43. The smallest absolute Gasteiger partial charge is 0.244 e. The third kappa shape index (κ3) is 5.37. The highest BCUT2D eigenvalue weighted by Crippen LogP contribution is 2.36. The molecule has 0 bridgehead atoms. The number of carbonyl (C=O) groups is 1. The number of halogens is 1. The molecule has 1 aromatic carbocycles. The fourth-order valence-electron chi connectivity index (χ4n) is 2.77. The number of nitrogens with one attached hydrogen (secondary N) is 1. The second kappa shape index (κ2) is 10.2. The average molecular weight is 444 g/mol. The van der Waals surface area contributed by atoms with Gasteiger partial charge in [-0.15, -0.1) is 11.3 Å². The molecule has 1 unspecified atom stereocenters. The summed E-state index contributed by atoms with van der Waals surface area (Å²) in [5.74, 6) is 0.777. The fourth-order valence-corrected chi connectivity index (χ4v) is 3.91. The van der Waals surface area contributed by atoms with Gasteiger partial charge in [0.25, 0.3) is 0 Å². The van der Waals surface area contributed by atoms with Crippen LogP contribution in [0.15, 0.2) is 48.1 Å². The zero-order valence-corrected chi connectivity index (χ0v) is 18.5. The molecule has 1 atom stereocenters. The van der Waals surface area contributed by atoms with Gasteiger partial charge in [0.1, 0.15) is 5.01 Å². The lowest BCUT2D eigenvalue weighted by molar-refractivity contribution is -0.117. The molecule has 156 valence electrons. The predicted octanol–water partition coefficient (Wildman–Crippen LogP) is 5.16. The Hall–Kier alpha value is -2.90. The molecule has 8 heteroatoms.